The number of carbonyl (C=O) groups excluding carboxylic acids is 2. The van der Waals surface area contributed by atoms with E-state index in [1.165, 1.54) is 0 Å². The van der Waals surface area contributed by atoms with Gasteiger partial charge in [0.15, 0.2) is 0 Å². The maximum atomic E-state index is 10.8. The normalized spacial score (nSPS) is 19.1. The van der Waals surface area contributed by atoms with Gasteiger partial charge in [0.25, 0.3) is 0 Å². The molecule has 0 aromatic heterocycles. The zero-order chi connectivity index (χ0) is 10.6. The molecule has 1 saturated heterocycles. The predicted molar refractivity (Wildman–Crippen MR) is 46.6 cm³/mol. The fourth-order valence-corrected chi connectivity index (χ4v) is 0.937. The second-order valence-corrected chi connectivity index (χ2v) is 3.45. The Hall–Kier alpha value is -1.52. The molecule has 5 heteroatoms. The summed E-state index contributed by atoms with van der Waals surface area (Å²) in [4.78, 5) is 21.3. The van der Waals surface area contributed by atoms with Crippen LogP contribution in [0.5, 0.6) is 0 Å². The Morgan fingerprint density at radius 3 is 2.71 bits per heavy atom. The fraction of sp³-hybridized carbons (Fsp3) is 0.556. The summed E-state index contributed by atoms with van der Waals surface area (Å²) in [6.45, 7) is 5.59. The molecule has 0 unspecified atom stereocenters. The zero-order valence-electron chi connectivity index (χ0n) is 7.95. The number of hydrogen-bond acceptors (Lipinski definition) is 5. The second kappa shape index (κ2) is 4.13. The molecule has 14 heavy (non-hydrogen) atoms. The van der Waals surface area contributed by atoms with E-state index < -0.39 is 17.5 Å². The molecule has 0 bridgehead atoms. The smallest absolute Gasteiger partial charge is 0.462 e. The fourth-order valence-electron chi connectivity index (χ4n) is 0.937. The van der Waals surface area contributed by atoms with Gasteiger partial charge in [0.2, 0.25) is 0 Å². The highest BCUT2D eigenvalue weighted by atomic mass is 16.7. The summed E-state index contributed by atoms with van der Waals surface area (Å²) in [6, 6.07) is 0. The van der Waals surface area contributed by atoms with E-state index in [0.29, 0.717) is 0 Å². The van der Waals surface area contributed by atoms with Crippen LogP contribution in [0.1, 0.15) is 6.92 Å². The molecule has 0 aromatic rings. The quantitative estimate of drug-likeness (QED) is 0.500. The van der Waals surface area contributed by atoms with Crippen LogP contribution in [0.3, 0.4) is 0 Å². The van der Waals surface area contributed by atoms with Crippen LogP contribution in [-0.2, 0) is 19.0 Å². The largest absolute Gasteiger partial charge is 0.508 e. The Morgan fingerprint density at radius 1 is 1.64 bits per heavy atom. The highest BCUT2D eigenvalue weighted by molar-refractivity contribution is 5.81. The van der Waals surface area contributed by atoms with Crippen molar-refractivity contribution in [2.45, 2.75) is 6.92 Å². The first-order valence-corrected chi connectivity index (χ1v) is 4.14. The van der Waals surface area contributed by atoms with Crippen LogP contribution in [0.4, 0.5) is 4.79 Å². The first-order chi connectivity index (χ1) is 6.56. The van der Waals surface area contributed by atoms with Gasteiger partial charge in [-0.15, -0.1) is 0 Å². The van der Waals surface area contributed by atoms with E-state index in [4.69, 9.17) is 4.74 Å². The van der Waals surface area contributed by atoms with Crippen molar-refractivity contribution in [2.75, 3.05) is 19.8 Å². The first-order valence-electron chi connectivity index (χ1n) is 4.14. The average molecular weight is 200 g/mol. The number of esters is 1. The van der Waals surface area contributed by atoms with Gasteiger partial charge < -0.3 is 14.2 Å². The highest BCUT2D eigenvalue weighted by Crippen LogP contribution is 2.22. The van der Waals surface area contributed by atoms with Crippen molar-refractivity contribution in [3.63, 3.8) is 0 Å². The molecular weight excluding hydrogens is 188 g/mol. The van der Waals surface area contributed by atoms with Crippen LogP contribution in [-0.4, -0.2) is 31.9 Å². The molecule has 0 N–H and O–H groups in total. The van der Waals surface area contributed by atoms with Crippen molar-refractivity contribution in [1.82, 2.24) is 0 Å². The van der Waals surface area contributed by atoms with Gasteiger partial charge in [-0.1, -0.05) is 6.58 Å². The molecule has 0 radical (unpaired) electrons. The zero-order valence-corrected chi connectivity index (χ0v) is 7.95. The number of hydrogen-bond donors (Lipinski definition) is 0. The van der Waals surface area contributed by atoms with E-state index in [9.17, 15) is 9.59 Å². The summed E-state index contributed by atoms with van der Waals surface area (Å²) in [5.74, 6) is -0.497. The van der Waals surface area contributed by atoms with Gasteiger partial charge in [-0.2, -0.15) is 0 Å². The standard InChI is InChI=1S/C9H12O5/c1-3-7(10)12-4-9(2)5-13-8(11)14-6-9/h3H,1,4-6H2,2H3. The van der Waals surface area contributed by atoms with Crippen LogP contribution in [0, 0.1) is 5.41 Å². The Morgan fingerprint density at radius 2 is 2.21 bits per heavy atom. The molecule has 0 atom stereocenters. The van der Waals surface area contributed by atoms with Crippen LogP contribution in [0.2, 0.25) is 0 Å². The van der Waals surface area contributed by atoms with Gasteiger partial charge in [-0.05, 0) is 6.92 Å². The number of cyclic esters (lactones) is 2. The van der Waals surface area contributed by atoms with Crippen LogP contribution in [0.25, 0.3) is 0 Å². The summed E-state index contributed by atoms with van der Waals surface area (Å²) in [6.07, 6.45) is 0.400. The molecule has 1 fully saturated rings. The van der Waals surface area contributed by atoms with Crippen molar-refractivity contribution < 1.29 is 23.8 Å². The minimum absolute atomic E-state index is 0.144. The molecule has 1 rings (SSSR count). The molecule has 0 saturated carbocycles. The van der Waals surface area contributed by atoms with Gasteiger partial charge in [0, 0.05) is 6.08 Å². The predicted octanol–water partition coefficient (Wildman–Crippen LogP) is 0.889. The Labute approximate surface area is 81.6 Å². The molecule has 78 valence electrons. The third kappa shape index (κ3) is 2.76. The molecule has 0 aromatic carbocycles. The summed E-state index contributed by atoms with van der Waals surface area (Å²) >= 11 is 0. The lowest BCUT2D eigenvalue weighted by Gasteiger charge is -2.31. The molecule has 0 spiro atoms. The maximum Gasteiger partial charge on any atom is 0.508 e. The van der Waals surface area contributed by atoms with Crippen LogP contribution >= 0.6 is 0 Å². The van der Waals surface area contributed by atoms with Gasteiger partial charge in [-0.25, -0.2) is 9.59 Å². The van der Waals surface area contributed by atoms with Gasteiger partial charge in [0.05, 0.1) is 5.41 Å². The monoisotopic (exact) mass is 200 g/mol. The van der Waals surface area contributed by atoms with Crippen LogP contribution < -0.4 is 0 Å². The Balaban J connectivity index is 2.38. The minimum atomic E-state index is -0.683. The van der Waals surface area contributed by atoms with Crippen molar-refractivity contribution in [3.8, 4) is 0 Å². The van der Waals surface area contributed by atoms with Gasteiger partial charge in [0.1, 0.15) is 19.8 Å². The number of carbonyl (C=O) groups is 2. The van der Waals surface area contributed by atoms with Crippen molar-refractivity contribution in [1.29, 1.82) is 0 Å². The summed E-state index contributed by atoms with van der Waals surface area (Å²) in [5, 5.41) is 0. The third-order valence-electron chi connectivity index (χ3n) is 1.81. The van der Waals surface area contributed by atoms with E-state index in [-0.39, 0.29) is 19.8 Å². The molecule has 5 nitrogen and oxygen atoms in total. The van der Waals surface area contributed by atoms with E-state index in [1.54, 1.807) is 6.92 Å². The van der Waals surface area contributed by atoms with Gasteiger partial charge >= 0.3 is 12.1 Å². The highest BCUT2D eigenvalue weighted by Gasteiger charge is 2.34. The second-order valence-electron chi connectivity index (χ2n) is 3.45. The van der Waals surface area contributed by atoms with Crippen LogP contribution in [0.15, 0.2) is 12.7 Å². The lowest BCUT2D eigenvalue weighted by molar-refractivity contribution is -0.146. The number of ether oxygens (including phenoxy) is 3. The first kappa shape index (κ1) is 10.6. The third-order valence-corrected chi connectivity index (χ3v) is 1.81. The Kier molecular flexibility index (Phi) is 3.11. The maximum absolute atomic E-state index is 10.8. The lowest BCUT2D eigenvalue weighted by Crippen LogP contribution is -2.40. The van der Waals surface area contributed by atoms with E-state index >= 15 is 0 Å². The topological polar surface area (TPSA) is 61.8 Å². The van der Waals surface area contributed by atoms with Crippen molar-refractivity contribution in [2.24, 2.45) is 5.41 Å². The molecule has 0 aliphatic carbocycles. The average Bonchev–Trinajstić information content (AvgIpc) is 2.20. The molecule has 1 heterocycles. The minimum Gasteiger partial charge on any atom is -0.462 e. The number of rotatable bonds is 3. The summed E-state index contributed by atoms with van der Waals surface area (Å²) < 4.78 is 14.2. The summed E-state index contributed by atoms with van der Waals surface area (Å²) in [7, 11) is 0. The van der Waals surface area contributed by atoms with Gasteiger partial charge in [-0.3, -0.25) is 0 Å². The van der Waals surface area contributed by atoms with Crippen molar-refractivity contribution >= 4 is 12.1 Å². The lowest BCUT2D eigenvalue weighted by atomic mass is 9.94. The molecular formula is C9H12O5. The Bertz CT molecular complexity index is 248. The molecule has 1 aliphatic rings. The summed E-state index contributed by atoms with van der Waals surface area (Å²) in [5.41, 5.74) is -0.466. The van der Waals surface area contributed by atoms with Crippen molar-refractivity contribution in [3.05, 3.63) is 12.7 Å². The molecule has 0 amide bonds. The SMILES string of the molecule is C=CC(=O)OCC1(C)COC(=O)OC1. The van der Waals surface area contributed by atoms with E-state index in [1.807, 2.05) is 0 Å². The van der Waals surface area contributed by atoms with E-state index in [2.05, 4.69) is 16.1 Å². The molecule has 1 aliphatic heterocycles. The van der Waals surface area contributed by atoms with E-state index in [0.717, 1.165) is 6.08 Å².